The van der Waals surface area contributed by atoms with Gasteiger partial charge >= 0.3 is 0 Å². The molecule has 1 aromatic rings. The molecule has 3 atom stereocenters. The molecule has 18 heavy (non-hydrogen) atoms. The quantitative estimate of drug-likeness (QED) is 0.822. The fraction of sp³-hybridized carbons (Fsp3) is 0.615. The summed E-state index contributed by atoms with van der Waals surface area (Å²) in [6.07, 6.45) is 0. The molecule has 3 N–H and O–H groups in total. The maximum Gasteiger partial charge on any atom is 0.223 e. The van der Waals surface area contributed by atoms with Crippen molar-refractivity contribution in [1.82, 2.24) is 10.2 Å². The summed E-state index contributed by atoms with van der Waals surface area (Å²) in [6.45, 7) is 4.64. The number of carbonyl (C=O) groups is 1. The second-order valence-electron chi connectivity index (χ2n) is 4.77. The van der Waals surface area contributed by atoms with Gasteiger partial charge in [0.05, 0.1) is 6.04 Å². The third-order valence-electron chi connectivity index (χ3n) is 3.06. The highest BCUT2D eigenvalue weighted by Crippen LogP contribution is 2.26. The van der Waals surface area contributed by atoms with Crippen LogP contribution < -0.4 is 11.1 Å². The van der Waals surface area contributed by atoms with Gasteiger partial charge in [0.1, 0.15) is 0 Å². The number of thiophene rings is 1. The summed E-state index contributed by atoms with van der Waals surface area (Å²) in [5.41, 5.74) is 6.08. The number of hydrogen-bond donors (Lipinski definition) is 2. The van der Waals surface area contributed by atoms with Crippen LogP contribution in [0.4, 0.5) is 0 Å². The molecular weight excluding hydrogens is 246 g/mol. The van der Waals surface area contributed by atoms with Crippen molar-refractivity contribution < 1.29 is 4.79 Å². The van der Waals surface area contributed by atoms with Crippen LogP contribution >= 0.6 is 11.3 Å². The Morgan fingerprint density at radius 3 is 2.67 bits per heavy atom. The molecule has 0 saturated heterocycles. The first kappa shape index (κ1) is 15.1. The monoisotopic (exact) mass is 269 g/mol. The SMILES string of the molecule is CNC(=O)C(C)CN(C)C(c1cccs1)C(C)N. The lowest BCUT2D eigenvalue weighted by molar-refractivity contribution is -0.124. The topological polar surface area (TPSA) is 58.4 Å². The summed E-state index contributed by atoms with van der Waals surface area (Å²) in [4.78, 5) is 15.0. The van der Waals surface area contributed by atoms with E-state index in [1.165, 1.54) is 4.88 Å². The lowest BCUT2D eigenvalue weighted by Crippen LogP contribution is -2.41. The van der Waals surface area contributed by atoms with Gasteiger partial charge in [-0.1, -0.05) is 13.0 Å². The summed E-state index contributed by atoms with van der Waals surface area (Å²) < 4.78 is 0. The number of hydrogen-bond acceptors (Lipinski definition) is 4. The van der Waals surface area contributed by atoms with E-state index in [1.54, 1.807) is 18.4 Å². The van der Waals surface area contributed by atoms with Crippen LogP contribution in [0, 0.1) is 5.92 Å². The lowest BCUT2D eigenvalue weighted by Gasteiger charge is -2.31. The van der Waals surface area contributed by atoms with Gasteiger partial charge in [-0.15, -0.1) is 11.3 Å². The summed E-state index contributed by atoms with van der Waals surface area (Å²) in [7, 11) is 3.69. The van der Waals surface area contributed by atoms with Crippen molar-refractivity contribution in [2.45, 2.75) is 25.9 Å². The van der Waals surface area contributed by atoms with E-state index in [4.69, 9.17) is 5.73 Å². The molecular formula is C13H23N3OS. The van der Waals surface area contributed by atoms with E-state index in [0.717, 1.165) is 0 Å². The molecule has 0 aliphatic rings. The molecule has 0 saturated carbocycles. The first-order valence-electron chi connectivity index (χ1n) is 6.18. The second-order valence-corrected chi connectivity index (χ2v) is 5.75. The molecule has 3 unspecified atom stereocenters. The van der Waals surface area contributed by atoms with Crippen LogP contribution in [0.15, 0.2) is 17.5 Å². The molecule has 0 fully saturated rings. The Labute approximate surface area is 113 Å². The molecule has 1 rings (SSSR count). The number of nitrogens with two attached hydrogens (primary N) is 1. The van der Waals surface area contributed by atoms with Gasteiger partial charge in [-0.25, -0.2) is 0 Å². The van der Waals surface area contributed by atoms with Gasteiger partial charge in [-0.2, -0.15) is 0 Å². The highest BCUT2D eigenvalue weighted by atomic mass is 32.1. The molecule has 1 heterocycles. The van der Waals surface area contributed by atoms with Crippen LogP contribution in [0.5, 0.6) is 0 Å². The van der Waals surface area contributed by atoms with Gasteiger partial charge < -0.3 is 11.1 Å². The Kier molecular flexibility index (Phi) is 5.78. The molecule has 0 radical (unpaired) electrons. The predicted molar refractivity (Wildman–Crippen MR) is 76.6 cm³/mol. The number of nitrogens with zero attached hydrogens (tertiary/aromatic N) is 1. The summed E-state index contributed by atoms with van der Waals surface area (Å²) in [5.74, 6) is 0.0256. The number of nitrogens with one attached hydrogen (secondary N) is 1. The second kappa shape index (κ2) is 6.87. The van der Waals surface area contributed by atoms with Crippen molar-refractivity contribution in [3.05, 3.63) is 22.4 Å². The van der Waals surface area contributed by atoms with E-state index in [2.05, 4.69) is 21.7 Å². The largest absolute Gasteiger partial charge is 0.359 e. The van der Waals surface area contributed by atoms with Crippen molar-refractivity contribution in [3.8, 4) is 0 Å². The number of carbonyl (C=O) groups excluding carboxylic acids is 1. The molecule has 5 heteroatoms. The Hall–Kier alpha value is -0.910. The third kappa shape index (κ3) is 3.80. The average molecular weight is 269 g/mol. The number of rotatable bonds is 6. The highest BCUT2D eigenvalue weighted by Gasteiger charge is 2.24. The van der Waals surface area contributed by atoms with Gasteiger partial charge in [0.2, 0.25) is 5.91 Å². The van der Waals surface area contributed by atoms with Crippen LogP contribution in [0.3, 0.4) is 0 Å². The zero-order valence-electron chi connectivity index (χ0n) is 11.5. The smallest absolute Gasteiger partial charge is 0.223 e. The molecule has 1 amide bonds. The zero-order valence-corrected chi connectivity index (χ0v) is 12.3. The molecule has 0 aliphatic carbocycles. The van der Waals surface area contributed by atoms with E-state index < -0.39 is 0 Å². The van der Waals surface area contributed by atoms with Crippen molar-refractivity contribution in [1.29, 1.82) is 0 Å². The molecule has 4 nitrogen and oxygen atoms in total. The van der Waals surface area contributed by atoms with Crippen LogP contribution in [0.2, 0.25) is 0 Å². The average Bonchev–Trinajstić information content (AvgIpc) is 2.80. The minimum absolute atomic E-state index is 0.0329. The van der Waals surface area contributed by atoms with Gasteiger partial charge in [0.25, 0.3) is 0 Å². The molecule has 0 spiro atoms. The molecule has 0 bridgehead atoms. The molecule has 0 aliphatic heterocycles. The Balaban J connectivity index is 2.72. The maximum atomic E-state index is 11.6. The normalized spacial score (nSPS) is 16.3. The van der Waals surface area contributed by atoms with Gasteiger partial charge in [0.15, 0.2) is 0 Å². The zero-order chi connectivity index (χ0) is 13.7. The van der Waals surface area contributed by atoms with Crippen molar-refractivity contribution in [2.24, 2.45) is 11.7 Å². The molecule has 1 aromatic heterocycles. The van der Waals surface area contributed by atoms with Crippen molar-refractivity contribution in [3.63, 3.8) is 0 Å². The van der Waals surface area contributed by atoms with Crippen LogP contribution in [0.25, 0.3) is 0 Å². The van der Waals surface area contributed by atoms with Gasteiger partial charge in [0, 0.05) is 30.4 Å². The lowest BCUT2D eigenvalue weighted by atomic mass is 10.0. The van der Waals surface area contributed by atoms with Crippen LogP contribution in [-0.2, 0) is 4.79 Å². The van der Waals surface area contributed by atoms with E-state index in [1.807, 2.05) is 27.0 Å². The fourth-order valence-electron chi connectivity index (χ4n) is 2.21. The van der Waals surface area contributed by atoms with Gasteiger partial charge in [-0.3, -0.25) is 9.69 Å². The molecule has 102 valence electrons. The van der Waals surface area contributed by atoms with E-state index in [9.17, 15) is 4.79 Å². The maximum absolute atomic E-state index is 11.6. The highest BCUT2D eigenvalue weighted by molar-refractivity contribution is 7.10. The Bertz CT molecular complexity index is 364. The van der Waals surface area contributed by atoms with Gasteiger partial charge in [-0.05, 0) is 25.4 Å². The van der Waals surface area contributed by atoms with E-state index >= 15 is 0 Å². The fourth-order valence-corrected chi connectivity index (χ4v) is 3.22. The van der Waals surface area contributed by atoms with Crippen LogP contribution in [-0.4, -0.2) is 37.5 Å². The first-order valence-corrected chi connectivity index (χ1v) is 7.06. The van der Waals surface area contributed by atoms with E-state index in [0.29, 0.717) is 6.54 Å². The predicted octanol–water partition coefficient (Wildman–Crippen LogP) is 1.45. The minimum Gasteiger partial charge on any atom is -0.359 e. The number of likely N-dealkylation sites (N-methyl/N-ethyl adjacent to an activating group) is 1. The van der Waals surface area contributed by atoms with E-state index in [-0.39, 0.29) is 23.9 Å². The molecule has 0 aromatic carbocycles. The van der Waals surface area contributed by atoms with Crippen molar-refractivity contribution in [2.75, 3.05) is 20.6 Å². The standard InChI is InChI=1S/C13H23N3OS/c1-9(13(17)15-3)8-16(4)12(10(2)14)11-6-5-7-18-11/h5-7,9-10,12H,8,14H2,1-4H3,(H,15,17). The summed E-state index contributed by atoms with van der Waals surface area (Å²) in [5, 5.41) is 4.74. The Morgan fingerprint density at radius 2 is 2.22 bits per heavy atom. The third-order valence-corrected chi connectivity index (χ3v) is 4.01. The Morgan fingerprint density at radius 1 is 1.56 bits per heavy atom. The number of amides is 1. The van der Waals surface area contributed by atoms with Crippen molar-refractivity contribution >= 4 is 17.2 Å². The first-order chi connectivity index (χ1) is 8.47. The summed E-state index contributed by atoms with van der Waals surface area (Å²) >= 11 is 1.71. The minimum atomic E-state index is -0.0405. The van der Waals surface area contributed by atoms with Crippen LogP contribution in [0.1, 0.15) is 24.8 Å². The summed E-state index contributed by atoms with van der Waals surface area (Å²) in [6, 6.07) is 4.33.